The number of para-hydroxylation sites is 1. The molecule has 2 heterocycles. The number of aryl methyl sites for hydroxylation is 1. The van der Waals surface area contributed by atoms with Crippen molar-refractivity contribution < 1.29 is 20.2 Å². The van der Waals surface area contributed by atoms with E-state index in [1.54, 1.807) is 29.0 Å². The maximum absolute atomic E-state index is 12.8. The Bertz CT molecular complexity index is 3820. The third-order valence-electron chi connectivity index (χ3n) is 13.4. The number of phenols is 1. The van der Waals surface area contributed by atoms with Gasteiger partial charge in [0.25, 0.3) is 0 Å². The van der Waals surface area contributed by atoms with Crippen LogP contribution in [-0.4, -0.2) is 19.6 Å². The number of aromatic hydroxyl groups is 1. The quantitative estimate of drug-likeness (QED) is 0.149. The zero-order chi connectivity index (χ0) is 59.2. The monoisotopic (exact) mass is 931 g/mol. The Labute approximate surface area is 432 Å². The van der Waals surface area contributed by atoms with Gasteiger partial charge in [0.2, 0.25) is 0 Å². The van der Waals surface area contributed by atoms with Gasteiger partial charge < -0.3 is 5.11 Å². The molecule has 0 spiro atoms. The summed E-state index contributed by atoms with van der Waals surface area (Å²) in [5.41, 5.74) is 8.46. The van der Waals surface area contributed by atoms with Crippen LogP contribution in [0, 0.1) is 6.85 Å². The molecule has 70 heavy (non-hydrogen) atoms. The van der Waals surface area contributed by atoms with Crippen LogP contribution in [0.15, 0.2) is 158 Å². The molecule has 354 valence electrons. The Hall–Kier alpha value is -7.04. The number of nitrogens with zero attached hydrogens (tertiary/aromatic N) is 3. The van der Waals surface area contributed by atoms with E-state index in [4.69, 9.17) is 20.9 Å². The summed E-state index contributed by atoms with van der Waals surface area (Å²) in [7, 11) is 0. The van der Waals surface area contributed by atoms with E-state index in [0.717, 1.165) is 62.6 Å². The van der Waals surface area contributed by atoms with Gasteiger partial charge in [0.05, 0.1) is 28.0 Å². The molecule has 4 nitrogen and oxygen atoms in total. The van der Waals surface area contributed by atoms with Crippen LogP contribution in [0.4, 0.5) is 0 Å². The number of rotatable bonds is 10. The van der Waals surface area contributed by atoms with Gasteiger partial charge in [-0.2, -0.15) is 0 Å². The Balaban J connectivity index is 1.37. The zero-order valence-electron chi connectivity index (χ0n) is 52.9. The maximum atomic E-state index is 12.8. The van der Waals surface area contributed by atoms with Gasteiger partial charge in [-0.15, -0.1) is 0 Å². The van der Waals surface area contributed by atoms with E-state index in [2.05, 4.69) is 26.0 Å². The SMILES string of the molecule is [2H]C([2H])([2H])c1cc(-c2cc(C(C)C)cc(C([2H])(C)C)c2)ccc1-n1c(-c2cc(C(C)(C)C)cc(C(C)(C([2H])([2H])[2H])C([2H])([2H])[2H])c2O)nc2c(-c3cc(-c4ccccc4)cc(-c4cc(-c5ccc(C([2H])(C)C)cc5)ccn4)c3)cccc21. The first-order chi connectivity index (χ1) is 37.6. The summed E-state index contributed by atoms with van der Waals surface area (Å²) < 4.78 is 99.2. The summed E-state index contributed by atoms with van der Waals surface area (Å²) >= 11 is 0. The smallest absolute Gasteiger partial charge is 0.149 e. The summed E-state index contributed by atoms with van der Waals surface area (Å²) in [6, 6.07) is 48.0. The van der Waals surface area contributed by atoms with E-state index in [-0.39, 0.29) is 34.1 Å². The average Bonchev–Trinajstić information content (AvgIpc) is 3.83. The van der Waals surface area contributed by atoms with Gasteiger partial charge in [0, 0.05) is 38.0 Å². The lowest BCUT2D eigenvalue weighted by Gasteiger charge is -2.27. The second-order valence-corrected chi connectivity index (χ2v) is 20.6. The molecule has 0 aliphatic carbocycles. The van der Waals surface area contributed by atoms with Gasteiger partial charge in [0.15, 0.2) is 0 Å². The van der Waals surface area contributed by atoms with Gasteiger partial charge in [-0.3, -0.25) is 9.55 Å². The van der Waals surface area contributed by atoms with Gasteiger partial charge in [-0.25, -0.2) is 4.98 Å². The number of hydrogen-bond acceptors (Lipinski definition) is 3. The second kappa shape index (κ2) is 18.7. The number of imidazole rings is 1. The maximum Gasteiger partial charge on any atom is 0.149 e. The second-order valence-electron chi connectivity index (χ2n) is 20.6. The summed E-state index contributed by atoms with van der Waals surface area (Å²) in [4.78, 5) is 10.3. The van der Waals surface area contributed by atoms with Crippen molar-refractivity contribution in [2.75, 3.05) is 0 Å². The molecule has 9 rings (SSSR count). The van der Waals surface area contributed by atoms with Crippen molar-refractivity contribution in [1.29, 1.82) is 0 Å². The third-order valence-corrected chi connectivity index (χ3v) is 13.4. The van der Waals surface area contributed by atoms with Gasteiger partial charge in [0.1, 0.15) is 11.6 Å². The van der Waals surface area contributed by atoms with Crippen LogP contribution in [-0.2, 0) is 10.8 Å². The van der Waals surface area contributed by atoms with Crippen molar-refractivity contribution in [1.82, 2.24) is 14.5 Å². The average molecular weight is 931 g/mol. The van der Waals surface area contributed by atoms with Crippen molar-refractivity contribution in [3.8, 4) is 78.6 Å². The highest BCUT2D eigenvalue weighted by molar-refractivity contribution is 5.98. The van der Waals surface area contributed by atoms with Crippen LogP contribution in [0.2, 0.25) is 0 Å². The van der Waals surface area contributed by atoms with Crippen LogP contribution in [0.3, 0.4) is 0 Å². The van der Waals surface area contributed by atoms with Crippen LogP contribution < -0.4 is 0 Å². The fourth-order valence-electron chi connectivity index (χ4n) is 9.22. The van der Waals surface area contributed by atoms with Crippen molar-refractivity contribution in [2.45, 2.75) is 118 Å². The number of benzene rings is 7. The first-order valence-corrected chi connectivity index (χ1v) is 24.0. The molecule has 4 heteroatoms. The molecule has 0 unspecified atom stereocenters. The molecule has 0 atom stereocenters. The topological polar surface area (TPSA) is 50.9 Å². The lowest BCUT2D eigenvalue weighted by atomic mass is 9.79. The van der Waals surface area contributed by atoms with Crippen molar-refractivity contribution >= 4 is 11.0 Å². The lowest BCUT2D eigenvalue weighted by molar-refractivity contribution is 0.446. The molecule has 1 N–H and O–H groups in total. The molecule has 0 fully saturated rings. The third kappa shape index (κ3) is 9.49. The molecule has 0 saturated heterocycles. The molecule has 2 aromatic heterocycles. The van der Waals surface area contributed by atoms with Crippen molar-refractivity contribution in [3.05, 3.63) is 191 Å². The number of pyridine rings is 1. The fraction of sp³-hybridized carbons (Fsp3) is 0.273. The number of phenolic OH excluding ortho intramolecular Hbond substituents is 1. The molecule has 0 amide bonds. The number of fused-ring (bicyclic) bond motifs is 1. The molecule has 7 aromatic carbocycles. The van der Waals surface area contributed by atoms with Gasteiger partial charge >= 0.3 is 0 Å². The van der Waals surface area contributed by atoms with Crippen LogP contribution in [0.1, 0.15) is 149 Å². The Morgan fingerprint density at radius 2 is 1.20 bits per heavy atom. The van der Waals surface area contributed by atoms with E-state index in [1.807, 2.05) is 164 Å². The molecule has 0 saturated carbocycles. The molecule has 0 bridgehead atoms. The predicted octanol–water partition coefficient (Wildman–Crippen LogP) is 18.4. The highest BCUT2D eigenvalue weighted by atomic mass is 16.3. The Morgan fingerprint density at radius 3 is 1.89 bits per heavy atom. The van der Waals surface area contributed by atoms with E-state index >= 15 is 0 Å². The van der Waals surface area contributed by atoms with E-state index in [0.29, 0.717) is 33.4 Å². The number of aromatic nitrogens is 3. The van der Waals surface area contributed by atoms with Crippen molar-refractivity contribution in [3.63, 3.8) is 0 Å². The van der Waals surface area contributed by atoms with E-state index < -0.39 is 48.9 Å². The molecular weight excluding hydrogens is 851 g/mol. The molecule has 9 aromatic rings. The van der Waals surface area contributed by atoms with Crippen LogP contribution >= 0.6 is 0 Å². The Morgan fingerprint density at radius 1 is 0.543 bits per heavy atom. The highest BCUT2D eigenvalue weighted by Crippen LogP contribution is 2.46. The predicted molar refractivity (Wildman–Crippen MR) is 298 cm³/mol. The summed E-state index contributed by atoms with van der Waals surface area (Å²) in [6.45, 7) is 9.32. The first kappa shape index (κ1) is 36.0. The van der Waals surface area contributed by atoms with Crippen molar-refractivity contribution in [2.24, 2.45) is 0 Å². The summed E-state index contributed by atoms with van der Waals surface area (Å²) in [5.74, 6) is -2.17. The molecule has 0 aliphatic heterocycles. The summed E-state index contributed by atoms with van der Waals surface area (Å²) in [5, 5.41) is 12.8. The van der Waals surface area contributed by atoms with Gasteiger partial charge in [-0.05, 0) is 157 Å². The minimum atomic E-state index is -3.14. The normalized spacial score (nSPS) is 15.4. The highest BCUT2D eigenvalue weighted by Gasteiger charge is 2.29. The van der Waals surface area contributed by atoms with Gasteiger partial charge in [-0.1, -0.05) is 180 Å². The minimum Gasteiger partial charge on any atom is -0.507 e. The van der Waals surface area contributed by atoms with E-state index in [9.17, 15) is 9.22 Å². The largest absolute Gasteiger partial charge is 0.507 e. The Kier molecular flexibility index (Phi) is 9.61. The first-order valence-electron chi connectivity index (χ1n) is 29.5. The van der Waals surface area contributed by atoms with Crippen LogP contribution in [0.5, 0.6) is 5.75 Å². The van der Waals surface area contributed by atoms with Crippen LogP contribution in [0.25, 0.3) is 83.9 Å². The number of hydrogen-bond donors (Lipinski definition) is 1. The zero-order valence-corrected chi connectivity index (χ0v) is 41.9. The summed E-state index contributed by atoms with van der Waals surface area (Å²) in [6.07, 6.45) is 1.77. The lowest BCUT2D eigenvalue weighted by Crippen LogP contribution is -2.17. The molecular formula is C66H69N3O. The molecule has 0 radical (unpaired) electrons. The fourth-order valence-corrected chi connectivity index (χ4v) is 9.22. The standard InChI is InChI=1S/C66H69N3O/c1-40(2)44-22-24-46(25-23-44)48-28-29-67-59(37-48)54-35-51(45-18-15-14-16-19-45)34-53(36-54)56-20-17-21-61-62(56)68-64(57-38-55(65(8,9)10)39-58(63(57)70)66(11,12)13)69(61)60-27-26-47(30-43(60)7)52-32-49(41(3)4)31-50(33-52)42(5)6/h14-42,70H,1-13H3/i7D3,11D3,12D3,40D,41D. The molecule has 0 aliphatic rings. The van der Waals surface area contributed by atoms with E-state index in [1.165, 1.54) is 6.07 Å². The minimum absolute atomic E-state index is 0.00545.